The summed E-state index contributed by atoms with van der Waals surface area (Å²) in [7, 11) is 0. The maximum Gasteiger partial charge on any atom is 0.237 e. The summed E-state index contributed by atoms with van der Waals surface area (Å²) in [6.07, 6.45) is 6.59. The van der Waals surface area contributed by atoms with Crippen molar-refractivity contribution >= 4 is 11.6 Å². The Morgan fingerprint density at radius 2 is 1.90 bits per heavy atom. The van der Waals surface area contributed by atoms with Gasteiger partial charge in [0.2, 0.25) is 5.91 Å². The minimum absolute atomic E-state index is 0.281. The predicted octanol–water partition coefficient (Wildman–Crippen LogP) is 4.20. The predicted molar refractivity (Wildman–Crippen MR) is 83.1 cm³/mol. The van der Waals surface area contributed by atoms with Crippen molar-refractivity contribution in [3.8, 4) is 0 Å². The van der Waals surface area contributed by atoms with Gasteiger partial charge in [-0.15, -0.1) is 0 Å². The fraction of sp³-hybridized carbons (Fsp3) is 0.611. The van der Waals surface area contributed by atoms with Crippen LogP contribution in [-0.4, -0.2) is 12.5 Å². The molecule has 0 saturated heterocycles. The van der Waals surface area contributed by atoms with Crippen molar-refractivity contribution in [2.75, 3.05) is 11.4 Å². The third-order valence-electron chi connectivity index (χ3n) is 5.06. The summed E-state index contributed by atoms with van der Waals surface area (Å²) in [4.78, 5) is 14.9. The van der Waals surface area contributed by atoms with E-state index in [0.29, 0.717) is 5.92 Å². The number of hydrogen-bond acceptors (Lipinski definition) is 1. The first-order chi connectivity index (χ1) is 9.50. The van der Waals surface area contributed by atoms with Crippen LogP contribution in [0.15, 0.2) is 18.2 Å². The molecule has 0 unspecified atom stereocenters. The molecule has 2 heteroatoms. The van der Waals surface area contributed by atoms with Crippen LogP contribution in [-0.2, 0) is 10.2 Å². The number of fused-ring (bicyclic) bond motifs is 1. The second-order valence-corrected chi connectivity index (χ2v) is 7.07. The molecule has 0 aromatic heterocycles. The van der Waals surface area contributed by atoms with Gasteiger partial charge in [0, 0.05) is 12.2 Å². The minimum atomic E-state index is -0.365. The average Bonchev–Trinajstić information content (AvgIpc) is 2.62. The zero-order valence-electron chi connectivity index (χ0n) is 12.9. The monoisotopic (exact) mass is 271 g/mol. The maximum atomic E-state index is 12.8. The normalized spacial score (nSPS) is 22.1. The zero-order valence-corrected chi connectivity index (χ0v) is 12.9. The molecule has 1 saturated carbocycles. The first-order valence-corrected chi connectivity index (χ1v) is 7.93. The van der Waals surface area contributed by atoms with Crippen LogP contribution < -0.4 is 4.90 Å². The Morgan fingerprint density at radius 3 is 2.60 bits per heavy atom. The van der Waals surface area contributed by atoms with E-state index in [0.717, 1.165) is 12.2 Å². The molecule has 0 spiro atoms. The molecule has 3 rings (SSSR count). The highest BCUT2D eigenvalue weighted by atomic mass is 16.2. The van der Waals surface area contributed by atoms with E-state index in [2.05, 4.69) is 43.9 Å². The summed E-state index contributed by atoms with van der Waals surface area (Å²) in [6, 6.07) is 6.45. The van der Waals surface area contributed by atoms with Gasteiger partial charge in [0.05, 0.1) is 5.41 Å². The summed E-state index contributed by atoms with van der Waals surface area (Å²) in [6.45, 7) is 7.14. The van der Waals surface area contributed by atoms with Gasteiger partial charge in [0.15, 0.2) is 0 Å². The molecule has 0 N–H and O–H groups in total. The third-order valence-corrected chi connectivity index (χ3v) is 5.06. The average molecular weight is 271 g/mol. The van der Waals surface area contributed by atoms with Gasteiger partial charge in [-0.3, -0.25) is 4.79 Å². The maximum absolute atomic E-state index is 12.8. The lowest BCUT2D eigenvalue weighted by atomic mass is 9.85. The van der Waals surface area contributed by atoms with Crippen LogP contribution in [0.3, 0.4) is 0 Å². The number of carbonyl (C=O) groups is 1. The number of carbonyl (C=O) groups excluding carboxylic acids is 1. The summed E-state index contributed by atoms with van der Waals surface area (Å²) in [5.41, 5.74) is 3.23. The van der Waals surface area contributed by atoms with Crippen LogP contribution in [0.25, 0.3) is 0 Å². The van der Waals surface area contributed by atoms with E-state index in [9.17, 15) is 4.79 Å². The van der Waals surface area contributed by atoms with Crippen LogP contribution in [0, 0.1) is 12.8 Å². The Kier molecular flexibility index (Phi) is 3.35. The van der Waals surface area contributed by atoms with Crippen LogP contribution in [0.5, 0.6) is 0 Å². The van der Waals surface area contributed by atoms with Crippen molar-refractivity contribution in [2.24, 2.45) is 5.92 Å². The Hall–Kier alpha value is -1.31. The van der Waals surface area contributed by atoms with E-state index in [1.165, 1.54) is 43.2 Å². The van der Waals surface area contributed by atoms with Gasteiger partial charge in [-0.2, -0.15) is 0 Å². The fourth-order valence-corrected chi connectivity index (χ4v) is 3.76. The first-order valence-electron chi connectivity index (χ1n) is 7.93. The highest BCUT2D eigenvalue weighted by Crippen LogP contribution is 2.43. The fourth-order valence-electron chi connectivity index (χ4n) is 3.76. The molecule has 1 heterocycles. The number of rotatable bonds is 2. The van der Waals surface area contributed by atoms with E-state index in [4.69, 9.17) is 0 Å². The molecule has 108 valence electrons. The standard InChI is InChI=1S/C18H25NO/c1-13-9-10-16-15(11-13)18(2,3)17(20)19(16)12-14-7-5-4-6-8-14/h9-11,14H,4-8,12H2,1-3H3. The Morgan fingerprint density at radius 1 is 1.20 bits per heavy atom. The Bertz CT molecular complexity index is 526. The summed E-state index contributed by atoms with van der Waals surface area (Å²) < 4.78 is 0. The van der Waals surface area contributed by atoms with Gasteiger partial charge in [0.1, 0.15) is 0 Å². The molecule has 2 aliphatic rings. The van der Waals surface area contributed by atoms with Crippen LogP contribution >= 0.6 is 0 Å². The van der Waals surface area contributed by atoms with Crippen molar-refractivity contribution in [3.63, 3.8) is 0 Å². The van der Waals surface area contributed by atoms with E-state index in [1.54, 1.807) is 0 Å². The van der Waals surface area contributed by atoms with Gasteiger partial charge < -0.3 is 4.90 Å². The molecule has 0 radical (unpaired) electrons. The molecule has 1 aromatic rings. The van der Waals surface area contributed by atoms with Crippen molar-refractivity contribution in [3.05, 3.63) is 29.3 Å². The molecule has 0 bridgehead atoms. The number of amides is 1. The SMILES string of the molecule is Cc1ccc2c(c1)C(C)(C)C(=O)N2CC1CCCCC1. The molecule has 1 aromatic carbocycles. The molecular weight excluding hydrogens is 246 g/mol. The van der Waals surface area contributed by atoms with E-state index >= 15 is 0 Å². The topological polar surface area (TPSA) is 20.3 Å². The van der Waals surface area contributed by atoms with Crippen molar-refractivity contribution < 1.29 is 4.79 Å². The van der Waals surface area contributed by atoms with Gasteiger partial charge >= 0.3 is 0 Å². The van der Waals surface area contributed by atoms with Crippen molar-refractivity contribution in [1.82, 2.24) is 0 Å². The molecule has 1 aliphatic heterocycles. The molecular formula is C18H25NO. The molecule has 2 nitrogen and oxygen atoms in total. The molecule has 1 fully saturated rings. The number of benzene rings is 1. The van der Waals surface area contributed by atoms with Crippen molar-refractivity contribution in [2.45, 2.75) is 58.3 Å². The number of nitrogens with zero attached hydrogens (tertiary/aromatic N) is 1. The Balaban J connectivity index is 1.90. The quantitative estimate of drug-likeness (QED) is 0.789. The molecule has 1 aliphatic carbocycles. The molecule has 1 amide bonds. The Labute approximate surface area is 122 Å². The van der Waals surface area contributed by atoms with E-state index in [1.807, 2.05) is 0 Å². The number of hydrogen-bond donors (Lipinski definition) is 0. The van der Waals surface area contributed by atoms with Gasteiger partial charge in [-0.25, -0.2) is 0 Å². The summed E-state index contributed by atoms with van der Waals surface area (Å²) in [5, 5.41) is 0. The van der Waals surface area contributed by atoms with Crippen molar-refractivity contribution in [1.29, 1.82) is 0 Å². The third kappa shape index (κ3) is 2.15. The minimum Gasteiger partial charge on any atom is -0.311 e. The summed E-state index contributed by atoms with van der Waals surface area (Å²) in [5.74, 6) is 0.972. The van der Waals surface area contributed by atoms with Crippen LogP contribution in [0.2, 0.25) is 0 Å². The summed E-state index contributed by atoms with van der Waals surface area (Å²) >= 11 is 0. The van der Waals surface area contributed by atoms with E-state index in [-0.39, 0.29) is 11.3 Å². The van der Waals surface area contributed by atoms with Gasteiger partial charge in [0.25, 0.3) is 0 Å². The second-order valence-electron chi connectivity index (χ2n) is 7.07. The number of aryl methyl sites for hydroxylation is 1. The first kappa shape index (κ1) is 13.7. The zero-order chi connectivity index (χ0) is 14.3. The lowest BCUT2D eigenvalue weighted by molar-refractivity contribution is -0.122. The van der Waals surface area contributed by atoms with Crippen LogP contribution in [0.4, 0.5) is 5.69 Å². The van der Waals surface area contributed by atoms with Gasteiger partial charge in [-0.1, -0.05) is 37.0 Å². The number of anilines is 1. The largest absolute Gasteiger partial charge is 0.311 e. The molecule has 0 atom stereocenters. The smallest absolute Gasteiger partial charge is 0.237 e. The highest BCUT2D eigenvalue weighted by Gasteiger charge is 2.44. The lowest BCUT2D eigenvalue weighted by Gasteiger charge is -2.28. The molecule has 20 heavy (non-hydrogen) atoms. The van der Waals surface area contributed by atoms with E-state index < -0.39 is 0 Å². The van der Waals surface area contributed by atoms with Crippen LogP contribution in [0.1, 0.15) is 57.1 Å². The second kappa shape index (κ2) is 4.91. The highest BCUT2D eigenvalue weighted by molar-refractivity contribution is 6.07. The van der Waals surface area contributed by atoms with Gasteiger partial charge in [-0.05, 0) is 51.2 Å². The lowest BCUT2D eigenvalue weighted by Crippen LogP contribution is -2.39.